The highest BCUT2D eigenvalue weighted by atomic mass is 35.5. The first-order chi connectivity index (χ1) is 8.28. The number of ether oxygens (including phenoxy) is 1. The molecule has 6 heteroatoms. The summed E-state index contributed by atoms with van der Waals surface area (Å²) in [6.07, 6.45) is 4.78. The van der Waals surface area contributed by atoms with E-state index in [9.17, 15) is 0 Å². The van der Waals surface area contributed by atoms with Crippen LogP contribution in [0.4, 0.5) is 5.95 Å². The van der Waals surface area contributed by atoms with E-state index in [1.165, 1.54) is 0 Å². The second kappa shape index (κ2) is 5.45. The van der Waals surface area contributed by atoms with Gasteiger partial charge in [-0.25, -0.2) is 15.0 Å². The topological polar surface area (TPSA) is 59.9 Å². The maximum Gasteiger partial charge on any atom is 0.222 e. The smallest absolute Gasteiger partial charge is 0.222 e. The number of hydrogen-bond acceptors (Lipinski definition) is 5. The van der Waals surface area contributed by atoms with Gasteiger partial charge in [0.15, 0.2) is 0 Å². The Morgan fingerprint density at radius 3 is 2.76 bits per heavy atom. The number of hydrogen-bond donors (Lipinski definition) is 1. The minimum absolute atomic E-state index is 0.515. The summed E-state index contributed by atoms with van der Waals surface area (Å²) in [5.41, 5.74) is 1.04. The van der Waals surface area contributed by atoms with E-state index in [0.717, 1.165) is 5.56 Å². The number of nitrogens with zero attached hydrogens (tertiary/aromatic N) is 3. The van der Waals surface area contributed by atoms with Crippen molar-refractivity contribution >= 4 is 17.5 Å². The molecule has 0 aliphatic carbocycles. The van der Waals surface area contributed by atoms with E-state index in [0.29, 0.717) is 23.4 Å². The Kier molecular flexibility index (Phi) is 3.72. The van der Waals surface area contributed by atoms with Gasteiger partial charge in [0.2, 0.25) is 11.8 Å². The molecule has 0 fully saturated rings. The first-order valence-electron chi connectivity index (χ1n) is 4.98. The molecule has 5 nitrogen and oxygen atoms in total. The molecular weight excluding hydrogens is 240 g/mol. The van der Waals surface area contributed by atoms with E-state index >= 15 is 0 Å². The van der Waals surface area contributed by atoms with Crippen molar-refractivity contribution in [3.63, 3.8) is 0 Å². The molecule has 0 spiro atoms. The first-order valence-corrected chi connectivity index (χ1v) is 5.36. The van der Waals surface area contributed by atoms with Gasteiger partial charge in [-0.1, -0.05) is 11.6 Å². The summed E-state index contributed by atoms with van der Waals surface area (Å²) < 4.78 is 5.04. The van der Waals surface area contributed by atoms with Crippen molar-refractivity contribution in [3.05, 3.63) is 41.3 Å². The van der Waals surface area contributed by atoms with Crippen LogP contribution in [0, 0.1) is 0 Å². The van der Waals surface area contributed by atoms with Crippen LogP contribution in [-0.4, -0.2) is 22.1 Å². The highest BCUT2D eigenvalue weighted by Gasteiger charge is 1.99. The van der Waals surface area contributed by atoms with Crippen LogP contribution in [0.2, 0.25) is 5.02 Å². The van der Waals surface area contributed by atoms with E-state index < -0.39 is 0 Å². The third-order valence-electron chi connectivity index (χ3n) is 2.08. The molecule has 1 N–H and O–H groups in total. The highest BCUT2D eigenvalue weighted by Crippen LogP contribution is 2.10. The van der Waals surface area contributed by atoms with Crippen molar-refractivity contribution in [1.82, 2.24) is 15.0 Å². The van der Waals surface area contributed by atoms with Gasteiger partial charge in [-0.05, 0) is 11.6 Å². The van der Waals surface area contributed by atoms with Gasteiger partial charge < -0.3 is 10.1 Å². The molecule has 0 unspecified atom stereocenters. The molecule has 0 aromatic carbocycles. The molecule has 0 radical (unpaired) electrons. The molecule has 88 valence electrons. The van der Waals surface area contributed by atoms with Gasteiger partial charge in [0, 0.05) is 18.8 Å². The van der Waals surface area contributed by atoms with Crippen molar-refractivity contribution in [3.8, 4) is 5.88 Å². The summed E-state index contributed by atoms with van der Waals surface area (Å²) in [6, 6.07) is 3.74. The molecule has 2 rings (SSSR count). The molecule has 0 aliphatic rings. The summed E-state index contributed by atoms with van der Waals surface area (Å²) in [6.45, 7) is 0.598. The van der Waals surface area contributed by atoms with Crippen molar-refractivity contribution in [1.29, 1.82) is 0 Å². The summed E-state index contributed by atoms with van der Waals surface area (Å²) in [5, 5.41) is 3.59. The molecule has 2 aromatic heterocycles. The molecule has 0 atom stereocenters. The Labute approximate surface area is 104 Å². The monoisotopic (exact) mass is 250 g/mol. The van der Waals surface area contributed by atoms with Crippen LogP contribution < -0.4 is 10.1 Å². The fraction of sp³-hybridized carbons (Fsp3) is 0.182. The van der Waals surface area contributed by atoms with E-state index in [2.05, 4.69) is 20.3 Å². The van der Waals surface area contributed by atoms with Gasteiger partial charge in [-0.15, -0.1) is 0 Å². The van der Waals surface area contributed by atoms with Crippen molar-refractivity contribution in [2.45, 2.75) is 6.54 Å². The van der Waals surface area contributed by atoms with Gasteiger partial charge in [-0.3, -0.25) is 0 Å². The van der Waals surface area contributed by atoms with Gasteiger partial charge >= 0.3 is 0 Å². The van der Waals surface area contributed by atoms with Crippen LogP contribution in [0.3, 0.4) is 0 Å². The van der Waals surface area contributed by atoms with Gasteiger partial charge in [0.1, 0.15) is 0 Å². The normalized spacial score (nSPS) is 10.0. The van der Waals surface area contributed by atoms with Crippen LogP contribution in [0.15, 0.2) is 30.7 Å². The standard InChI is InChI=1S/C11H11ClN4O/c1-17-10-4-8(2-3-13-10)5-14-11-15-6-9(12)7-16-11/h2-4,6-7H,5H2,1H3,(H,14,15,16). The number of aromatic nitrogens is 3. The molecule has 0 bridgehead atoms. The SMILES string of the molecule is COc1cc(CNc2ncc(Cl)cn2)ccn1. The number of methoxy groups -OCH3 is 1. The summed E-state index contributed by atoms with van der Waals surface area (Å²) in [4.78, 5) is 12.1. The Bertz CT molecular complexity index is 489. The minimum atomic E-state index is 0.515. The largest absolute Gasteiger partial charge is 0.481 e. The lowest BCUT2D eigenvalue weighted by molar-refractivity contribution is 0.397. The Morgan fingerprint density at radius 2 is 2.06 bits per heavy atom. The molecule has 17 heavy (non-hydrogen) atoms. The molecule has 0 amide bonds. The Balaban J connectivity index is 1.99. The fourth-order valence-electron chi connectivity index (χ4n) is 1.26. The average Bonchev–Trinajstić information content (AvgIpc) is 2.38. The lowest BCUT2D eigenvalue weighted by Gasteiger charge is -2.05. The zero-order valence-corrected chi connectivity index (χ0v) is 9.98. The zero-order chi connectivity index (χ0) is 12.1. The first kappa shape index (κ1) is 11.6. The number of nitrogens with one attached hydrogen (secondary N) is 1. The van der Waals surface area contributed by atoms with E-state index in [1.54, 1.807) is 25.7 Å². The molecule has 2 aromatic rings. The maximum absolute atomic E-state index is 5.69. The lowest BCUT2D eigenvalue weighted by atomic mass is 10.2. The van der Waals surface area contributed by atoms with Crippen LogP contribution >= 0.6 is 11.6 Å². The van der Waals surface area contributed by atoms with Crippen LogP contribution in [0.5, 0.6) is 5.88 Å². The van der Waals surface area contributed by atoms with Gasteiger partial charge in [0.05, 0.1) is 24.5 Å². The van der Waals surface area contributed by atoms with E-state index in [1.807, 2.05) is 12.1 Å². The van der Waals surface area contributed by atoms with E-state index in [4.69, 9.17) is 16.3 Å². The summed E-state index contributed by atoms with van der Waals surface area (Å²) in [7, 11) is 1.59. The number of anilines is 1. The molecule has 2 heterocycles. The van der Waals surface area contributed by atoms with Crippen LogP contribution in [-0.2, 0) is 6.54 Å². The second-order valence-electron chi connectivity index (χ2n) is 3.28. The van der Waals surface area contributed by atoms with Gasteiger partial charge in [-0.2, -0.15) is 0 Å². The summed E-state index contributed by atoms with van der Waals surface area (Å²) >= 11 is 5.69. The molecule has 0 saturated carbocycles. The second-order valence-corrected chi connectivity index (χ2v) is 3.72. The van der Waals surface area contributed by atoms with Crippen LogP contribution in [0.1, 0.15) is 5.56 Å². The predicted octanol–water partition coefficient (Wildman–Crippen LogP) is 2.15. The highest BCUT2D eigenvalue weighted by molar-refractivity contribution is 6.30. The molecule has 0 saturated heterocycles. The number of rotatable bonds is 4. The Morgan fingerprint density at radius 1 is 1.29 bits per heavy atom. The van der Waals surface area contributed by atoms with E-state index in [-0.39, 0.29) is 0 Å². The van der Waals surface area contributed by atoms with Crippen molar-refractivity contribution in [2.75, 3.05) is 12.4 Å². The van der Waals surface area contributed by atoms with Gasteiger partial charge in [0.25, 0.3) is 0 Å². The number of halogens is 1. The number of pyridine rings is 1. The third-order valence-corrected chi connectivity index (χ3v) is 2.27. The summed E-state index contributed by atoms with van der Waals surface area (Å²) in [5.74, 6) is 1.12. The van der Waals surface area contributed by atoms with Crippen molar-refractivity contribution in [2.24, 2.45) is 0 Å². The van der Waals surface area contributed by atoms with Crippen molar-refractivity contribution < 1.29 is 4.74 Å². The Hall–Kier alpha value is -1.88. The fourth-order valence-corrected chi connectivity index (χ4v) is 1.35. The zero-order valence-electron chi connectivity index (χ0n) is 9.22. The quantitative estimate of drug-likeness (QED) is 0.901. The molecule has 0 aliphatic heterocycles. The average molecular weight is 251 g/mol. The van der Waals surface area contributed by atoms with Crippen LogP contribution in [0.25, 0.3) is 0 Å². The minimum Gasteiger partial charge on any atom is -0.481 e. The molecular formula is C11H11ClN4O. The maximum atomic E-state index is 5.69. The lowest BCUT2D eigenvalue weighted by Crippen LogP contribution is -2.03. The third kappa shape index (κ3) is 3.29. The predicted molar refractivity (Wildman–Crippen MR) is 65.2 cm³/mol.